The Kier molecular flexibility index (Phi) is 4.99. The van der Waals surface area contributed by atoms with Crippen molar-refractivity contribution in [1.29, 1.82) is 0 Å². The summed E-state index contributed by atoms with van der Waals surface area (Å²) in [6.45, 7) is -0.215. The molecular weight excluding hydrogens is 358 g/mol. The van der Waals surface area contributed by atoms with Crippen molar-refractivity contribution >= 4 is 40.1 Å². The Labute approximate surface area is 153 Å². The molecule has 132 valence electrons. The van der Waals surface area contributed by atoms with E-state index in [2.05, 4.69) is 15.0 Å². The van der Waals surface area contributed by atoms with Crippen LogP contribution in [0.25, 0.3) is 10.9 Å². The number of fused-ring (bicyclic) bond motifs is 1. The summed E-state index contributed by atoms with van der Waals surface area (Å²) in [4.78, 5) is 40.4. The van der Waals surface area contributed by atoms with Crippen molar-refractivity contribution in [2.45, 2.75) is 6.54 Å². The summed E-state index contributed by atoms with van der Waals surface area (Å²) in [6.07, 6.45) is 1.30. The van der Waals surface area contributed by atoms with E-state index in [1.165, 1.54) is 24.1 Å². The summed E-state index contributed by atoms with van der Waals surface area (Å²) in [5.41, 5.74) is 0.855. The number of anilines is 1. The first-order valence-corrected chi connectivity index (χ1v) is 7.98. The highest BCUT2D eigenvalue weighted by atomic mass is 35.5. The number of methoxy groups -OCH3 is 1. The molecule has 1 heterocycles. The highest BCUT2D eigenvalue weighted by Crippen LogP contribution is 2.14. The normalized spacial score (nSPS) is 10.5. The minimum absolute atomic E-state index is 0.215. The lowest BCUT2D eigenvalue weighted by Gasteiger charge is -2.09. The van der Waals surface area contributed by atoms with Crippen LogP contribution in [0.5, 0.6) is 0 Å². The molecule has 0 unspecified atom stereocenters. The Morgan fingerprint density at radius 3 is 2.81 bits per heavy atom. The largest absolute Gasteiger partial charge is 0.465 e. The van der Waals surface area contributed by atoms with Crippen LogP contribution in [-0.4, -0.2) is 28.5 Å². The summed E-state index contributed by atoms with van der Waals surface area (Å²) < 4.78 is 5.85. The van der Waals surface area contributed by atoms with Gasteiger partial charge in [0.1, 0.15) is 6.54 Å². The second-order valence-corrected chi connectivity index (χ2v) is 5.90. The van der Waals surface area contributed by atoms with Gasteiger partial charge in [0.25, 0.3) is 5.56 Å². The maximum atomic E-state index is 12.4. The molecule has 0 radical (unpaired) electrons. The maximum absolute atomic E-state index is 12.4. The highest BCUT2D eigenvalue weighted by molar-refractivity contribution is 6.31. The third kappa shape index (κ3) is 3.73. The number of carbonyl (C=O) groups is 2. The summed E-state index contributed by atoms with van der Waals surface area (Å²) in [7, 11) is 1.28. The van der Waals surface area contributed by atoms with Crippen LogP contribution in [0.15, 0.2) is 53.6 Å². The Hall–Kier alpha value is -3.19. The number of aromatic nitrogens is 2. The number of ether oxygens (including phenoxy) is 1. The number of carbonyl (C=O) groups excluding carboxylic acids is 2. The van der Waals surface area contributed by atoms with E-state index < -0.39 is 11.9 Å². The van der Waals surface area contributed by atoms with Crippen molar-refractivity contribution in [2.24, 2.45) is 0 Å². The second kappa shape index (κ2) is 7.37. The van der Waals surface area contributed by atoms with Crippen molar-refractivity contribution in [3.05, 3.63) is 69.7 Å². The molecule has 0 aliphatic heterocycles. The molecule has 0 spiro atoms. The molecule has 0 saturated carbocycles. The molecule has 0 aliphatic carbocycles. The Bertz CT molecular complexity index is 1060. The first-order chi connectivity index (χ1) is 12.5. The third-order valence-electron chi connectivity index (χ3n) is 3.67. The van der Waals surface area contributed by atoms with Crippen LogP contribution < -0.4 is 10.9 Å². The lowest BCUT2D eigenvalue weighted by molar-refractivity contribution is -0.116. The van der Waals surface area contributed by atoms with E-state index >= 15 is 0 Å². The van der Waals surface area contributed by atoms with Gasteiger partial charge in [-0.15, -0.1) is 0 Å². The monoisotopic (exact) mass is 371 g/mol. The molecule has 0 atom stereocenters. The number of esters is 1. The van der Waals surface area contributed by atoms with Crippen LogP contribution in [0.2, 0.25) is 5.02 Å². The predicted octanol–water partition coefficient (Wildman–Crippen LogP) is 2.48. The van der Waals surface area contributed by atoms with E-state index in [9.17, 15) is 14.4 Å². The summed E-state index contributed by atoms with van der Waals surface area (Å²) in [5.74, 6) is -0.932. The van der Waals surface area contributed by atoms with Gasteiger partial charge in [0.2, 0.25) is 5.91 Å². The van der Waals surface area contributed by atoms with Crippen LogP contribution in [0.3, 0.4) is 0 Å². The van der Waals surface area contributed by atoms with Gasteiger partial charge in [0, 0.05) is 10.7 Å². The fraction of sp³-hybridized carbons (Fsp3) is 0.111. The molecule has 8 heteroatoms. The zero-order chi connectivity index (χ0) is 18.7. The SMILES string of the molecule is COC(=O)c1cccc(NC(=O)Cn2cnc3cc(Cl)ccc3c2=O)c1. The first-order valence-electron chi connectivity index (χ1n) is 7.61. The smallest absolute Gasteiger partial charge is 0.337 e. The molecule has 2 aromatic carbocycles. The van der Waals surface area contributed by atoms with Crippen LogP contribution in [0.4, 0.5) is 5.69 Å². The van der Waals surface area contributed by atoms with Gasteiger partial charge in [-0.25, -0.2) is 9.78 Å². The number of nitrogens with one attached hydrogen (secondary N) is 1. The molecule has 1 N–H and O–H groups in total. The van der Waals surface area contributed by atoms with E-state index in [0.29, 0.717) is 27.2 Å². The Morgan fingerprint density at radius 1 is 1.23 bits per heavy atom. The van der Waals surface area contributed by atoms with Gasteiger partial charge in [-0.05, 0) is 36.4 Å². The number of nitrogens with zero attached hydrogens (tertiary/aromatic N) is 2. The van der Waals surface area contributed by atoms with Crippen molar-refractivity contribution in [1.82, 2.24) is 9.55 Å². The number of hydrogen-bond donors (Lipinski definition) is 1. The molecule has 26 heavy (non-hydrogen) atoms. The maximum Gasteiger partial charge on any atom is 0.337 e. The average Bonchev–Trinajstić information content (AvgIpc) is 2.63. The summed E-state index contributed by atoms with van der Waals surface area (Å²) in [5, 5.41) is 3.49. The Balaban J connectivity index is 1.79. The number of amides is 1. The zero-order valence-corrected chi connectivity index (χ0v) is 14.5. The van der Waals surface area contributed by atoms with E-state index in [1.807, 2.05) is 0 Å². The topological polar surface area (TPSA) is 90.3 Å². The molecule has 1 aromatic heterocycles. The molecule has 1 amide bonds. The van der Waals surface area contributed by atoms with E-state index in [4.69, 9.17) is 11.6 Å². The van der Waals surface area contributed by atoms with Crippen LogP contribution in [-0.2, 0) is 16.1 Å². The van der Waals surface area contributed by atoms with Crippen LogP contribution in [0, 0.1) is 0 Å². The minimum atomic E-state index is -0.505. The molecule has 0 fully saturated rings. The molecule has 0 aliphatic rings. The average molecular weight is 372 g/mol. The van der Waals surface area contributed by atoms with Crippen molar-refractivity contribution in [3.8, 4) is 0 Å². The molecule has 0 saturated heterocycles. The van der Waals surface area contributed by atoms with Crippen LogP contribution >= 0.6 is 11.6 Å². The predicted molar refractivity (Wildman–Crippen MR) is 97.4 cm³/mol. The highest BCUT2D eigenvalue weighted by Gasteiger charge is 2.10. The quantitative estimate of drug-likeness (QED) is 0.711. The number of rotatable bonds is 4. The molecule has 7 nitrogen and oxygen atoms in total. The lowest BCUT2D eigenvalue weighted by Crippen LogP contribution is -2.28. The third-order valence-corrected chi connectivity index (χ3v) is 3.90. The Morgan fingerprint density at radius 2 is 2.04 bits per heavy atom. The van der Waals surface area contributed by atoms with Gasteiger partial charge in [0.15, 0.2) is 0 Å². The molecular formula is C18H14ClN3O4. The van der Waals surface area contributed by atoms with Crippen molar-refractivity contribution in [3.63, 3.8) is 0 Å². The molecule has 3 rings (SSSR count). The van der Waals surface area contributed by atoms with E-state index in [-0.39, 0.29) is 12.1 Å². The van der Waals surface area contributed by atoms with Gasteiger partial charge in [-0.1, -0.05) is 17.7 Å². The number of hydrogen-bond acceptors (Lipinski definition) is 5. The minimum Gasteiger partial charge on any atom is -0.465 e. The summed E-state index contributed by atoms with van der Waals surface area (Å²) in [6, 6.07) is 11.1. The second-order valence-electron chi connectivity index (χ2n) is 5.46. The van der Waals surface area contributed by atoms with Crippen molar-refractivity contribution < 1.29 is 14.3 Å². The number of halogens is 1. The van der Waals surface area contributed by atoms with Crippen molar-refractivity contribution in [2.75, 3.05) is 12.4 Å². The lowest BCUT2D eigenvalue weighted by atomic mass is 10.2. The van der Waals surface area contributed by atoms with Gasteiger partial charge >= 0.3 is 5.97 Å². The van der Waals surface area contributed by atoms with Gasteiger partial charge in [-0.2, -0.15) is 0 Å². The summed E-state index contributed by atoms with van der Waals surface area (Å²) >= 11 is 5.89. The zero-order valence-electron chi connectivity index (χ0n) is 13.7. The van der Waals surface area contributed by atoms with Gasteiger partial charge in [0.05, 0.1) is 29.9 Å². The fourth-order valence-electron chi connectivity index (χ4n) is 2.44. The van der Waals surface area contributed by atoms with E-state index in [1.54, 1.807) is 36.4 Å². The van der Waals surface area contributed by atoms with Gasteiger partial charge in [-0.3, -0.25) is 14.2 Å². The molecule has 0 bridgehead atoms. The fourth-order valence-corrected chi connectivity index (χ4v) is 2.61. The standard InChI is InChI=1S/C18H14ClN3O4/c1-26-18(25)11-3-2-4-13(7-11)21-16(23)9-22-10-20-15-8-12(19)5-6-14(15)17(22)24/h2-8,10H,9H2,1H3,(H,21,23). The van der Waals surface area contributed by atoms with E-state index in [0.717, 1.165) is 0 Å². The molecule has 3 aromatic rings. The van der Waals surface area contributed by atoms with Crippen LogP contribution in [0.1, 0.15) is 10.4 Å². The first kappa shape index (κ1) is 17.6. The van der Waals surface area contributed by atoms with Gasteiger partial charge < -0.3 is 10.1 Å². The number of benzene rings is 2.